The van der Waals surface area contributed by atoms with Gasteiger partial charge in [-0.05, 0) is 31.0 Å². The van der Waals surface area contributed by atoms with E-state index in [4.69, 9.17) is 0 Å². The van der Waals surface area contributed by atoms with E-state index in [0.29, 0.717) is 5.69 Å². The maximum absolute atomic E-state index is 13.8. The fourth-order valence-electron chi connectivity index (χ4n) is 2.67. The van der Waals surface area contributed by atoms with Crippen molar-refractivity contribution in [3.63, 3.8) is 0 Å². The molecule has 5 heteroatoms. The van der Waals surface area contributed by atoms with Crippen LogP contribution in [-0.4, -0.2) is 20.7 Å². The second-order valence-corrected chi connectivity index (χ2v) is 7.62. The number of sulfone groups is 1. The average Bonchev–Trinajstić information content (AvgIpc) is 2.33. The lowest BCUT2D eigenvalue weighted by Crippen LogP contribution is -2.21. The summed E-state index contributed by atoms with van der Waals surface area (Å²) < 4.78 is 36.9. The highest BCUT2D eigenvalue weighted by Gasteiger charge is 2.15. The van der Waals surface area contributed by atoms with Gasteiger partial charge in [0.25, 0.3) is 0 Å². The number of rotatable bonds is 3. The Morgan fingerprint density at radius 2 is 1.70 bits per heavy atom. The summed E-state index contributed by atoms with van der Waals surface area (Å²) in [7, 11) is -3.30. The van der Waals surface area contributed by atoms with Crippen LogP contribution in [0.15, 0.2) is 23.1 Å². The molecule has 0 saturated heterocycles. The molecule has 3 nitrogen and oxygen atoms in total. The molecule has 0 aromatic heterocycles. The summed E-state index contributed by atoms with van der Waals surface area (Å²) in [5.41, 5.74) is 0.304. The van der Waals surface area contributed by atoms with Gasteiger partial charge >= 0.3 is 0 Å². The SMILES string of the molecule is CS(=O)(=O)c1ccc(F)c(NC2CCCCCCC2)c1. The van der Waals surface area contributed by atoms with Crippen molar-refractivity contribution in [1.82, 2.24) is 0 Å². The van der Waals surface area contributed by atoms with Gasteiger partial charge in [0.15, 0.2) is 9.84 Å². The van der Waals surface area contributed by atoms with Crippen molar-refractivity contribution in [3.05, 3.63) is 24.0 Å². The summed E-state index contributed by atoms with van der Waals surface area (Å²) in [4.78, 5) is 0.159. The van der Waals surface area contributed by atoms with Crippen LogP contribution in [0, 0.1) is 5.82 Å². The molecular formula is C15H22FNO2S. The molecule has 1 aliphatic rings. The van der Waals surface area contributed by atoms with Gasteiger partial charge in [0.2, 0.25) is 0 Å². The summed E-state index contributed by atoms with van der Waals surface area (Å²) in [5, 5.41) is 3.19. The number of anilines is 1. The van der Waals surface area contributed by atoms with Crippen molar-refractivity contribution in [1.29, 1.82) is 0 Å². The molecule has 0 unspecified atom stereocenters. The average molecular weight is 299 g/mol. The normalized spacial score (nSPS) is 18.3. The van der Waals surface area contributed by atoms with Gasteiger partial charge in [0, 0.05) is 12.3 Å². The number of benzene rings is 1. The van der Waals surface area contributed by atoms with Crippen LogP contribution in [0.4, 0.5) is 10.1 Å². The Bertz CT molecular complexity index is 549. The third kappa shape index (κ3) is 4.20. The number of hydrogen-bond donors (Lipinski definition) is 1. The monoisotopic (exact) mass is 299 g/mol. The molecule has 0 aliphatic heterocycles. The van der Waals surface area contributed by atoms with E-state index in [9.17, 15) is 12.8 Å². The van der Waals surface area contributed by atoms with Gasteiger partial charge in [-0.2, -0.15) is 0 Å². The van der Waals surface area contributed by atoms with Crippen LogP contribution in [0.1, 0.15) is 44.9 Å². The van der Waals surface area contributed by atoms with E-state index in [-0.39, 0.29) is 16.8 Å². The molecule has 112 valence electrons. The Hall–Kier alpha value is -1.10. The molecule has 0 bridgehead atoms. The summed E-state index contributed by atoms with van der Waals surface area (Å²) in [6.45, 7) is 0. The van der Waals surface area contributed by atoms with E-state index in [1.807, 2.05) is 0 Å². The second kappa shape index (κ2) is 6.57. The molecule has 0 spiro atoms. The Kier molecular flexibility index (Phi) is 5.02. The molecular weight excluding hydrogens is 277 g/mol. The predicted octanol–water partition coefficient (Wildman–Crippen LogP) is 3.75. The zero-order valence-corrected chi connectivity index (χ0v) is 12.7. The molecule has 1 aliphatic carbocycles. The van der Waals surface area contributed by atoms with E-state index in [2.05, 4.69) is 5.32 Å². The Morgan fingerprint density at radius 1 is 1.10 bits per heavy atom. The largest absolute Gasteiger partial charge is 0.380 e. The van der Waals surface area contributed by atoms with Crippen molar-refractivity contribution in [3.8, 4) is 0 Å². The van der Waals surface area contributed by atoms with Gasteiger partial charge in [-0.25, -0.2) is 12.8 Å². The first kappa shape index (κ1) is 15.3. The third-order valence-corrected chi connectivity index (χ3v) is 4.94. The van der Waals surface area contributed by atoms with Gasteiger partial charge < -0.3 is 5.32 Å². The minimum Gasteiger partial charge on any atom is -0.380 e. The van der Waals surface area contributed by atoms with Crippen molar-refractivity contribution >= 4 is 15.5 Å². The smallest absolute Gasteiger partial charge is 0.175 e. The first-order chi connectivity index (χ1) is 9.47. The van der Waals surface area contributed by atoms with Crippen LogP contribution in [0.25, 0.3) is 0 Å². The number of hydrogen-bond acceptors (Lipinski definition) is 3. The van der Waals surface area contributed by atoms with Crippen molar-refractivity contribution in [2.45, 2.75) is 55.9 Å². The minimum absolute atomic E-state index is 0.159. The molecule has 1 aromatic carbocycles. The fraction of sp³-hybridized carbons (Fsp3) is 0.600. The van der Waals surface area contributed by atoms with Crippen LogP contribution in [0.2, 0.25) is 0 Å². The Labute approximate surface area is 120 Å². The standard InChI is InChI=1S/C15H22FNO2S/c1-20(18,19)13-9-10-14(16)15(11-13)17-12-7-5-3-2-4-6-8-12/h9-12,17H,2-8H2,1H3. The Balaban J connectivity index is 2.14. The van der Waals surface area contributed by atoms with Crippen LogP contribution < -0.4 is 5.32 Å². The Morgan fingerprint density at radius 3 is 2.30 bits per heavy atom. The number of halogens is 1. The topological polar surface area (TPSA) is 46.2 Å². The first-order valence-corrected chi connectivity index (χ1v) is 9.12. The van der Waals surface area contributed by atoms with E-state index in [1.165, 1.54) is 37.5 Å². The lowest BCUT2D eigenvalue weighted by Gasteiger charge is -2.22. The molecule has 1 N–H and O–H groups in total. The van der Waals surface area contributed by atoms with Gasteiger partial charge in [-0.15, -0.1) is 0 Å². The van der Waals surface area contributed by atoms with Gasteiger partial charge in [-0.3, -0.25) is 0 Å². The molecule has 2 rings (SSSR count). The molecule has 20 heavy (non-hydrogen) atoms. The second-order valence-electron chi connectivity index (χ2n) is 5.60. The fourth-order valence-corrected chi connectivity index (χ4v) is 3.31. The highest BCUT2D eigenvalue weighted by Crippen LogP contribution is 2.24. The van der Waals surface area contributed by atoms with E-state index in [1.54, 1.807) is 0 Å². The van der Waals surface area contributed by atoms with E-state index in [0.717, 1.165) is 31.9 Å². The van der Waals surface area contributed by atoms with Crippen molar-refractivity contribution in [2.75, 3.05) is 11.6 Å². The van der Waals surface area contributed by atoms with Crippen LogP contribution >= 0.6 is 0 Å². The van der Waals surface area contributed by atoms with Crippen molar-refractivity contribution < 1.29 is 12.8 Å². The molecule has 0 amide bonds. The third-order valence-electron chi connectivity index (χ3n) is 3.83. The molecule has 0 atom stereocenters. The molecule has 1 fully saturated rings. The number of nitrogens with one attached hydrogen (secondary N) is 1. The molecule has 1 saturated carbocycles. The van der Waals surface area contributed by atoms with Crippen LogP contribution in [0.3, 0.4) is 0 Å². The summed E-state index contributed by atoms with van der Waals surface area (Å²) in [6.07, 6.45) is 9.19. The predicted molar refractivity (Wildman–Crippen MR) is 79.2 cm³/mol. The van der Waals surface area contributed by atoms with Crippen LogP contribution in [0.5, 0.6) is 0 Å². The molecule has 0 heterocycles. The van der Waals surface area contributed by atoms with Crippen LogP contribution in [-0.2, 0) is 9.84 Å². The van der Waals surface area contributed by atoms with Gasteiger partial charge in [0.05, 0.1) is 10.6 Å². The van der Waals surface area contributed by atoms with Crippen molar-refractivity contribution in [2.24, 2.45) is 0 Å². The summed E-state index contributed by atoms with van der Waals surface area (Å²) in [5.74, 6) is -0.389. The zero-order chi connectivity index (χ0) is 14.6. The van der Waals surface area contributed by atoms with Gasteiger partial charge in [0.1, 0.15) is 5.82 Å². The molecule has 0 radical (unpaired) electrons. The summed E-state index contributed by atoms with van der Waals surface area (Å²) in [6, 6.07) is 4.18. The maximum Gasteiger partial charge on any atom is 0.175 e. The highest BCUT2D eigenvalue weighted by molar-refractivity contribution is 7.90. The van der Waals surface area contributed by atoms with Gasteiger partial charge in [-0.1, -0.05) is 32.1 Å². The van der Waals surface area contributed by atoms with E-state index < -0.39 is 9.84 Å². The quantitative estimate of drug-likeness (QED) is 0.865. The minimum atomic E-state index is -3.30. The maximum atomic E-state index is 13.8. The zero-order valence-electron chi connectivity index (χ0n) is 11.9. The lowest BCUT2D eigenvalue weighted by molar-refractivity contribution is 0.469. The summed E-state index contributed by atoms with van der Waals surface area (Å²) >= 11 is 0. The molecule has 1 aromatic rings. The lowest BCUT2D eigenvalue weighted by atomic mass is 9.96. The highest BCUT2D eigenvalue weighted by atomic mass is 32.2. The van der Waals surface area contributed by atoms with E-state index >= 15 is 0 Å². The first-order valence-electron chi connectivity index (χ1n) is 7.23.